The van der Waals surface area contributed by atoms with E-state index in [4.69, 9.17) is 4.98 Å². The SMILES string of the molecule is C[C@H]1CCN(C(=O)Nc2cnn3ccc(N4CCC[C@@H]4c4ccc(F)[c]([Sn]([CH3])([CH3])[CH3])c4)nc23)C1. The minimum Gasteiger partial charge on any atom is 0.0249 e. The van der Waals surface area contributed by atoms with Gasteiger partial charge in [0.25, 0.3) is 0 Å². The van der Waals surface area contributed by atoms with Crippen molar-refractivity contribution in [3.8, 4) is 0 Å². The second kappa shape index (κ2) is 9.02. The van der Waals surface area contributed by atoms with Crippen molar-refractivity contribution in [3.63, 3.8) is 0 Å². The van der Waals surface area contributed by atoms with Gasteiger partial charge in [-0.25, -0.2) is 0 Å². The molecule has 2 atom stereocenters. The molecule has 5 rings (SSSR count). The maximum absolute atomic E-state index is 14.6. The Morgan fingerprint density at radius 1 is 1.18 bits per heavy atom. The number of urea groups is 1. The number of likely N-dealkylation sites (tertiary alicyclic amines) is 1. The summed E-state index contributed by atoms with van der Waals surface area (Å²) in [5, 5.41) is 7.38. The summed E-state index contributed by atoms with van der Waals surface area (Å²) in [6.45, 7) is 4.61. The Labute approximate surface area is 204 Å². The Kier molecular flexibility index (Phi) is 6.20. The van der Waals surface area contributed by atoms with Crippen molar-refractivity contribution in [1.29, 1.82) is 0 Å². The summed E-state index contributed by atoms with van der Waals surface area (Å²) in [4.78, 5) is 28.5. The van der Waals surface area contributed by atoms with Gasteiger partial charge in [-0.3, -0.25) is 0 Å². The van der Waals surface area contributed by atoms with Crippen molar-refractivity contribution < 1.29 is 9.18 Å². The molecule has 2 fully saturated rings. The molecule has 3 aromatic rings. The molecule has 2 saturated heterocycles. The maximum atomic E-state index is 14.6. The summed E-state index contributed by atoms with van der Waals surface area (Å²) in [6, 6.07) is 7.71. The first-order chi connectivity index (χ1) is 16.2. The van der Waals surface area contributed by atoms with Gasteiger partial charge < -0.3 is 0 Å². The van der Waals surface area contributed by atoms with E-state index in [-0.39, 0.29) is 17.9 Å². The molecule has 180 valence electrons. The van der Waals surface area contributed by atoms with E-state index in [0.29, 0.717) is 17.3 Å². The van der Waals surface area contributed by atoms with Crippen LogP contribution in [-0.2, 0) is 0 Å². The number of rotatable bonds is 4. The monoisotopic (exact) mass is 572 g/mol. The zero-order valence-electron chi connectivity index (χ0n) is 20.4. The van der Waals surface area contributed by atoms with E-state index in [0.717, 1.165) is 53.9 Å². The maximum Gasteiger partial charge on any atom is 0.0249 e. The number of benzene rings is 1. The summed E-state index contributed by atoms with van der Waals surface area (Å²) in [5.41, 5.74) is 2.41. The molecule has 7 nitrogen and oxygen atoms in total. The molecule has 2 aromatic heterocycles. The first kappa shape index (κ1) is 23.4. The quantitative estimate of drug-likeness (QED) is 0.465. The van der Waals surface area contributed by atoms with Crippen LogP contribution in [0, 0.1) is 11.7 Å². The molecular weight excluding hydrogens is 538 g/mol. The molecule has 0 unspecified atom stereocenters. The zero-order chi connectivity index (χ0) is 24.0. The number of nitrogens with zero attached hydrogens (tertiary/aromatic N) is 5. The molecule has 0 aliphatic carbocycles. The van der Waals surface area contributed by atoms with E-state index in [9.17, 15) is 9.18 Å². The topological polar surface area (TPSA) is 65.8 Å². The number of aromatic nitrogens is 3. The van der Waals surface area contributed by atoms with Crippen LogP contribution in [0.1, 0.15) is 37.8 Å². The first-order valence-electron chi connectivity index (χ1n) is 12.2. The third kappa shape index (κ3) is 4.48. The zero-order valence-corrected chi connectivity index (χ0v) is 23.2. The van der Waals surface area contributed by atoms with Gasteiger partial charge in [0.05, 0.1) is 0 Å². The molecule has 0 bridgehead atoms. The predicted molar refractivity (Wildman–Crippen MR) is 136 cm³/mol. The average Bonchev–Trinajstić information content (AvgIpc) is 3.53. The standard InChI is InChI=1S/C22H24FN6O.3CH3.Sn/c1-15-8-11-27(14-15)22(30)25-18-13-24-29-12-9-20(26-21(18)29)28-10-2-3-19(28)16-4-6-17(23)7-5-16;;;;/h4-6,9,12-13,15,19H,2-3,8,10-11,14H2,1H3,(H,25,30);3*1H3;/t15-,19+;;;;/m0..../s1. The van der Waals surface area contributed by atoms with Gasteiger partial charge in [0.1, 0.15) is 0 Å². The number of carbonyl (C=O) groups excluding carboxylic acids is 1. The summed E-state index contributed by atoms with van der Waals surface area (Å²) in [6.07, 6.45) is 6.65. The molecule has 9 heteroatoms. The van der Waals surface area contributed by atoms with Crippen LogP contribution in [-0.4, -0.2) is 63.5 Å². The Morgan fingerprint density at radius 3 is 2.74 bits per heavy atom. The van der Waals surface area contributed by atoms with Gasteiger partial charge in [0.2, 0.25) is 0 Å². The molecule has 4 heterocycles. The summed E-state index contributed by atoms with van der Waals surface area (Å²) >= 11 is -2.57. The summed E-state index contributed by atoms with van der Waals surface area (Å²) in [5.74, 6) is 1.31. The predicted octanol–water partition coefficient (Wildman–Crippen LogP) is 4.63. The van der Waals surface area contributed by atoms with Crippen LogP contribution in [0.2, 0.25) is 14.8 Å². The number of halogens is 1. The van der Waals surface area contributed by atoms with Gasteiger partial charge in [-0.1, -0.05) is 6.92 Å². The average molecular weight is 571 g/mol. The number of fused-ring (bicyclic) bond motifs is 1. The number of anilines is 2. The fourth-order valence-electron chi connectivity index (χ4n) is 5.13. The van der Waals surface area contributed by atoms with Crippen molar-refractivity contribution in [2.45, 2.75) is 47.0 Å². The smallest absolute Gasteiger partial charge is 0.0249 e. The molecule has 1 N–H and O–H groups in total. The largest absolute Gasteiger partial charge is 0.0249 e. The van der Waals surface area contributed by atoms with Gasteiger partial charge in [0.15, 0.2) is 0 Å². The van der Waals surface area contributed by atoms with Crippen LogP contribution in [0.4, 0.5) is 20.7 Å². The van der Waals surface area contributed by atoms with E-state index in [2.05, 4.69) is 43.1 Å². The number of hydrogen-bond acceptors (Lipinski definition) is 4. The van der Waals surface area contributed by atoms with E-state index >= 15 is 0 Å². The molecule has 1 aromatic carbocycles. The van der Waals surface area contributed by atoms with E-state index < -0.39 is 18.4 Å². The molecule has 34 heavy (non-hydrogen) atoms. The minimum atomic E-state index is -2.57. The third-order valence-electron chi connectivity index (χ3n) is 7.04. The van der Waals surface area contributed by atoms with Gasteiger partial charge in [-0.2, -0.15) is 0 Å². The van der Waals surface area contributed by atoms with Gasteiger partial charge in [-0.05, 0) is 12.3 Å². The number of amides is 2. The molecule has 0 spiro atoms. The summed E-state index contributed by atoms with van der Waals surface area (Å²) in [7, 11) is 0. The van der Waals surface area contributed by atoms with Crippen molar-refractivity contribution in [1.82, 2.24) is 19.5 Å². The van der Waals surface area contributed by atoms with Crippen molar-refractivity contribution in [2.24, 2.45) is 5.92 Å². The fourth-order valence-corrected chi connectivity index (χ4v) is 9.13. The van der Waals surface area contributed by atoms with Gasteiger partial charge in [-0.15, -0.1) is 0 Å². The first-order valence-corrected chi connectivity index (χ1v) is 22.2. The number of nitrogens with one attached hydrogen (secondary N) is 1. The normalized spacial score (nSPS) is 21.0. The third-order valence-corrected chi connectivity index (χ3v) is 12.7. The van der Waals surface area contributed by atoms with Crippen molar-refractivity contribution >= 4 is 45.1 Å². The second-order valence-electron chi connectivity index (χ2n) is 10.7. The molecule has 0 radical (unpaired) electrons. The van der Waals surface area contributed by atoms with Crippen LogP contribution in [0.5, 0.6) is 0 Å². The Balaban J connectivity index is 1.43. The number of carbonyl (C=O) groups is 1. The molecule has 2 aliphatic rings. The van der Waals surface area contributed by atoms with E-state index in [1.807, 2.05) is 23.2 Å². The van der Waals surface area contributed by atoms with E-state index in [1.54, 1.807) is 16.8 Å². The molecular formula is C25H33FN6OSn. The van der Waals surface area contributed by atoms with E-state index in [1.165, 1.54) is 0 Å². The Hall–Kier alpha value is -2.36. The van der Waals surface area contributed by atoms with Crippen LogP contribution >= 0.6 is 0 Å². The van der Waals surface area contributed by atoms with Crippen LogP contribution in [0.25, 0.3) is 5.65 Å². The fraction of sp³-hybridized carbons (Fsp3) is 0.480. The van der Waals surface area contributed by atoms with Gasteiger partial charge >= 0.3 is 172 Å². The Morgan fingerprint density at radius 2 is 2.00 bits per heavy atom. The van der Waals surface area contributed by atoms with Crippen molar-refractivity contribution in [3.05, 3.63) is 48.0 Å². The van der Waals surface area contributed by atoms with Gasteiger partial charge in [0, 0.05) is 13.1 Å². The number of hydrogen-bond donors (Lipinski definition) is 1. The van der Waals surface area contributed by atoms with Crippen molar-refractivity contribution in [2.75, 3.05) is 29.9 Å². The minimum absolute atomic E-state index is 0.0665. The van der Waals surface area contributed by atoms with Crippen LogP contribution in [0.3, 0.4) is 0 Å². The van der Waals surface area contributed by atoms with Crippen LogP contribution < -0.4 is 13.8 Å². The second-order valence-corrected chi connectivity index (χ2v) is 25.1. The summed E-state index contributed by atoms with van der Waals surface area (Å²) < 4.78 is 17.2. The molecule has 2 aliphatic heterocycles. The van der Waals surface area contributed by atoms with Crippen LogP contribution in [0.15, 0.2) is 36.7 Å². The molecule has 0 saturated carbocycles. The molecule has 2 amide bonds. The Bertz CT molecular complexity index is 1220.